The van der Waals surface area contributed by atoms with Crippen LogP contribution in [-0.2, 0) is 37.0 Å². The molecule has 0 saturated carbocycles. The van der Waals surface area contributed by atoms with Gasteiger partial charge < -0.3 is 5.32 Å². The molecule has 2 aromatic rings. The minimum absolute atomic E-state index is 0.0560. The Balaban J connectivity index is 1.74. The van der Waals surface area contributed by atoms with E-state index in [-0.39, 0.29) is 5.91 Å². The number of likely N-dealkylation sites (N-methyl/N-ethyl adjacent to an activating group) is 1. The van der Waals surface area contributed by atoms with Gasteiger partial charge in [-0.1, -0.05) is 44.2 Å². The summed E-state index contributed by atoms with van der Waals surface area (Å²) in [5.41, 5.74) is 7.07. The molecule has 1 aliphatic rings. The molecule has 138 valence electrons. The Kier molecular flexibility index (Phi) is 6.04. The third kappa shape index (κ3) is 4.13. The molecule has 1 N–H and O–H groups in total. The standard InChI is InChI=1S/C22H29N3O/c1-4-17-19(5-2)23-20-13-9-12-18(20)22(17)24-21(26)15-25(3)14-16-10-7-6-8-11-16/h6-8,10-11H,4-5,9,12-15H2,1-3H3,(H,23,24,26). The second-order valence-corrected chi connectivity index (χ2v) is 7.10. The lowest BCUT2D eigenvalue weighted by Gasteiger charge is -2.20. The number of fused-ring (bicyclic) bond motifs is 1. The highest BCUT2D eigenvalue weighted by Gasteiger charge is 2.23. The highest BCUT2D eigenvalue weighted by molar-refractivity contribution is 5.94. The third-order valence-electron chi connectivity index (χ3n) is 5.07. The maximum atomic E-state index is 12.7. The molecule has 4 heteroatoms. The first-order chi connectivity index (χ1) is 12.6. The molecule has 0 aliphatic heterocycles. The molecule has 0 bridgehead atoms. The van der Waals surface area contributed by atoms with Crippen LogP contribution in [0.1, 0.15) is 48.3 Å². The number of carbonyl (C=O) groups excluding carboxylic acids is 1. The topological polar surface area (TPSA) is 45.2 Å². The summed E-state index contributed by atoms with van der Waals surface area (Å²) in [6.07, 6.45) is 5.00. The van der Waals surface area contributed by atoms with Crippen LogP contribution < -0.4 is 5.32 Å². The quantitative estimate of drug-likeness (QED) is 0.826. The first-order valence-corrected chi connectivity index (χ1v) is 9.68. The Morgan fingerprint density at radius 3 is 2.62 bits per heavy atom. The van der Waals surface area contributed by atoms with Crippen LogP contribution in [0.4, 0.5) is 5.69 Å². The zero-order valence-electron chi connectivity index (χ0n) is 16.1. The molecule has 4 nitrogen and oxygen atoms in total. The molecular weight excluding hydrogens is 322 g/mol. The number of carbonyl (C=O) groups is 1. The summed E-state index contributed by atoms with van der Waals surface area (Å²) in [6, 6.07) is 10.3. The normalized spacial score (nSPS) is 13.1. The van der Waals surface area contributed by atoms with E-state index in [9.17, 15) is 4.79 Å². The predicted molar refractivity (Wildman–Crippen MR) is 106 cm³/mol. The molecule has 1 aromatic heterocycles. The van der Waals surface area contributed by atoms with E-state index in [1.54, 1.807) is 0 Å². The summed E-state index contributed by atoms with van der Waals surface area (Å²) in [5, 5.41) is 3.23. The lowest BCUT2D eigenvalue weighted by molar-refractivity contribution is -0.117. The molecule has 0 atom stereocenters. The van der Waals surface area contributed by atoms with Gasteiger partial charge in [0, 0.05) is 17.9 Å². The molecule has 3 rings (SSSR count). The number of nitrogens with zero attached hydrogens (tertiary/aromatic N) is 2. The van der Waals surface area contributed by atoms with Gasteiger partial charge in [0.1, 0.15) is 0 Å². The van der Waals surface area contributed by atoms with Crippen molar-refractivity contribution in [3.05, 3.63) is 58.4 Å². The van der Waals surface area contributed by atoms with Gasteiger partial charge >= 0.3 is 0 Å². The van der Waals surface area contributed by atoms with Crippen molar-refractivity contribution in [2.45, 2.75) is 52.5 Å². The molecule has 0 radical (unpaired) electrons. The van der Waals surface area contributed by atoms with Gasteiger partial charge in [-0.15, -0.1) is 0 Å². The van der Waals surface area contributed by atoms with Crippen LogP contribution in [0.2, 0.25) is 0 Å². The second kappa shape index (κ2) is 8.45. The van der Waals surface area contributed by atoms with Gasteiger partial charge in [-0.3, -0.25) is 14.7 Å². The van der Waals surface area contributed by atoms with E-state index in [4.69, 9.17) is 4.98 Å². The van der Waals surface area contributed by atoms with Crippen LogP contribution in [0.5, 0.6) is 0 Å². The molecule has 0 spiro atoms. The van der Waals surface area contributed by atoms with E-state index in [0.29, 0.717) is 6.54 Å². The van der Waals surface area contributed by atoms with Crippen LogP contribution in [-0.4, -0.2) is 29.4 Å². The highest BCUT2D eigenvalue weighted by Crippen LogP contribution is 2.33. The van der Waals surface area contributed by atoms with Gasteiger partial charge in [-0.2, -0.15) is 0 Å². The number of benzene rings is 1. The highest BCUT2D eigenvalue weighted by atomic mass is 16.2. The average molecular weight is 351 g/mol. The Morgan fingerprint density at radius 1 is 1.15 bits per heavy atom. The molecule has 1 heterocycles. The van der Waals surface area contributed by atoms with Gasteiger partial charge in [0.25, 0.3) is 0 Å². The second-order valence-electron chi connectivity index (χ2n) is 7.10. The summed E-state index contributed by atoms with van der Waals surface area (Å²) in [5.74, 6) is 0.0560. The Hall–Kier alpha value is -2.20. The Morgan fingerprint density at radius 2 is 1.92 bits per heavy atom. The Labute approximate surface area is 156 Å². The summed E-state index contributed by atoms with van der Waals surface area (Å²) in [7, 11) is 1.99. The lowest BCUT2D eigenvalue weighted by atomic mass is 10.0. The maximum Gasteiger partial charge on any atom is 0.238 e. The van der Waals surface area contributed by atoms with Gasteiger partial charge in [0.2, 0.25) is 5.91 Å². The fraction of sp³-hybridized carbons (Fsp3) is 0.455. The minimum Gasteiger partial charge on any atom is -0.324 e. The number of anilines is 1. The van der Waals surface area contributed by atoms with Gasteiger partial charge in [-0.05, 0) is 55.8 Å². The molecular formula is C22H29N3O. The SMILES string of the molecule is CCc1nc2c(c(NC(=O)CN(C)Cc3ccccc3)c1CC)CCC2. The first-order valence-electron chi connectivity index (χ1n) is 9.68. The first kappa shape index (κ1) is 18.6. The lowest BCUT2D eigenvalue weighted by Crippen LogP contribution is -2.30. The number of amides is 1. The van der Waals surface area contributed by atoms with E-state index in [1.165, 1.54) is 22.4 Å². The number of aromatic nitrogens is 1. The fourth-order valence-electron chi connectivity index (χ4n) is 3.88. The monoisotopic (exact) mass is 351 g/mol. The molecule has 1 aromatic carbocycles. The van der Waals surface area contributed by atoms with E-state index >= 15 is 0 Å². The van der Waals surface area contributed by atoms with Gasteiger partial charge in [0.15, 0.2) is 0 Å². The summed E-state index contributed by atoms with van der Waals surface area (Å²) < 4.78 is 0. The summed E-state index contributed by atoms with van der Waals surface area (Å²) in [6.45, 7) is 5.44. The number of hydrogen-bond acceptors (Lipinski definition) is 3. The smallest absolute Gasteiger partial charge is 0.238 e. The third-order valence-corrected chi connectivity index (χ3v) is 5.07. The Bertz CT molecular complexity index is 771. The molecule has 1 aliphatic carbocycles. The summed E-state index contributed by atoms with van der Waals surface area (Å²) in [4.78, 5) is 19.6. The fourth-order valence-corrected chi connectivity index (χ4v) is 3.88. The van der Waals surface area contributed by atoms with Crippen LogP contribution in [0.25, 0.3) is 0 Å². The van der Waals surface area contributed by atoms with Crippen molar-refractivity contribution in [3.8, 4) is 0 Å². The van der Waals surface area contributed by atoms with E-state index in [1.807, 2.05) is 25.2 Å². The zero-order valence-corrected chi connectivity index (χ0v) is 16.1. The van der Waals surface area contributed by atoms with Crippen molar-refractivity contribution in [2.75, 3.05) is 18.9 Å². The van der Waals surface area contributed by atoms with Crippen LogP contribution in [0.15, 0.2) is 30.3 Å². The minimum atomic E-state index is 0.0560. The number of rotatable bonds is 7. The molecule has 26 heavy (non-hydrogen) atoms. The predicted octanol–water partition coefficient (Wildman–Crippen LogP) is 3.77. The van der Waals surface area contributed by atoms with Crippen molar-refractivity contribution < 1.29 is 4.79 Å². The van der Waals surface area contributed by atoms with E-state index in [2.05, 4.69) is 36.2 Å². The number of pyridine rings is 1. The molecule has 0 fully saturated rings. The van der Waals surface area contributed by atoms with Crippen molar-refractivity contribution in [3.63, 3.8) is 0 Å². The molecule has 0 unspecified atom stereocenters. The number of nitrogens with one attached hydrogen (secondary N) is 1. The maximum absolute atomic E-state index is 12.7. The number of aryl methyl sites for hydroxylation is 2. The average Bonchev–Trinajstić information content (AvgIpc) is 3.10. The van der Waals surface area contributed by atoms with Gasteiger partial charge in [-0.25, -0.2) is 0 Å². The number of hydrogen-bond donors (Lipinski definition) is 1. The van der Waals surface area contributed by atoms with E-state index < -0.39 is 0 Å². The van der Waals surface area contributed by atoms with Crippen LogP contribution in [0.3, 0.4) is 0 Å². The van der Waals surface area contributed by atoms with Crippen LogP contribution in [0, 0.1) is 0 Å². The molecule has 1 amide bonds. The zero-order chi connectivity index (χ0) is 18.5. The summed E-state index contributed by atoms with van der Waals surface area (Å²) >= 11 is 0. The van der Waals surface area contributed by atoms with Crippen molar-refractivity contribution in [1.82, 2.24) is 9.88 Å². The van der Waals surface area contributed by atoms with E-state index in [0.717, 1.165) is 50.0 Å². The van der Waals surface area contributed by atoms with Crippen LogP contribution >= 0.6 is 0 Å². The van der Waals surface area contributed by atoms with Crippen molar-refractivity contribution >= 4 is 11.6 Å². The van der Waals surface area contributed by atoms with Gasteiger partial charge in [0.05, 0.1) is 12.2 Å². The molecule has 0 saturated heterocycles. The van der Waals surface area contributed by atoms with Crippen molar-refractivity contribution in [1.29, 1.82) is 0 Å². The largest absolute Gasteiger partial charge is 0.324 e. The van der Waals surface area contributed by atoms with Crippen molar-refractivity contribution in [2.24, 2.45) is 0 Å².